The average Bonchev–Trinajstić information content (AvgIpc) is 3.35. The van der Waals surface area contributed by atoms with Crippen LogP contribution >= 0.6 is 34.7 Å². The normalized spacial score (nSPS) is 16.7. The van der Waals surface area contributed by atoms with Gasteiger partial charge in [0, 0.05) is 11.5 Å². The van der Waals surface area contributed by atoms with Crippen LogP contribution in [0.1, 0.15) is 23.2 Å². The summed E-state index contributed by atoms with van der Waals surface area (Å²) in [5.41, 5.74) is 1.43. The first kappa shape index (κ1) is 18.7. The van der Waals surface area contributed by atoms with Crippen LogP contribution in [0.5, 0.6) is 0 Å². The number of ether oxygens (including phenoxy) is 1. The molecule has 0 radical (unpaired) electrons. The number of carbonyl (C=O) groups excluding carboxylic acids is 1. The fraction of sp³-hybridized carbons (Fsp3) is 0.300. The smallest absolute Gasteiger partial charge is 0.261 e. The molecule has 0 saturated carbocycles. The van der Waals surface area contributed by atoms with E-state index in [0.717, 1.165) is 34.6 Å². The number of para-hydroxylation sites is 1. The molecule has 27 heavy (non-hydrogen) atoms. The van der Waals surface area contributed by atoms with Crippen molar-refractivity contribution in [3.8, 4) is 0 Å². The minimum Gasteiger partial charge on any atom is -0.376 e. The van der Waals surface area contributed by atoms with Gasteiger partial charge in [0.2, 0.25) is 0 Å². The van der Waals surface area contributed by atoms with Gasteiger partial charge >= 0.3 is 0 Å². The van der Waals surface area contributed by atoms with Crippen LogP contribution in [0.25, 0.3) is 10.2 Å². The lowest BCUT2D eigenvalue weighted by Gasteiger charge is -2.23. The van der Waals surface area contributed by atoms with E-state index in [9.17, 15) is 4.79 Å². The van der Waals surface area contributed by atoms with Crippen LogP contribution in [0.15, 0.2) is 47.4 Å². The SMILES string of the molecule is CSc1cccc2sc(N(C[C@@H]3CCCO3)C(=O)c3ccccc3Cl)nc12. The molecule has 1 fully saturated rings. The molecule has 0 unspecified atom stereocenters. The van der Waals surface area contributed by atoms with Gasteiger partial charge in [-0.3, -0.25) is 9.69 Å². The molecule has 1 aliphatic heterocycles. The summed E-state index contributed by atoms with van der Waals surface area (Å²) in [5, 5.41) is 1.14. The van der Waals surface area contributed by atoms with Gasteiger partial charge in [-0.05, 0) is 43.4 Å². The van der Waals surface area contributed by atoms with Crippen molar-refractivity contribution in [1.29, 1.82) is 0 Å². The number of aromatic nitrogens is 1. The molecule has 1 aliphatic rings. The summed E-state index contributed by atoms with van der Waals surface area (Å²) < 4.78 is 6.86. The standard InChI is InChI=1S/C20H19ClN2O2S2/c1-26-16-9-4-10-17-18(16)22-20(27-17)23(12-13-6-5-11-25-13)19(24)14-7-2-3-8-15(14)21/h2-4,7-10,13H,5-6,11-12H2,1H3/t13-/m0/s1. The Kier molecular flexibility index (Phi) is 5.68. The van der Waals surface area contributed by atoms with E-state index in [-0.39, 0.29) is 12.0 Å². The summed E-state index contributed by atoms with van der Waals surface area (Å²) in [5.74, 6) is -0.138. The molecule has 2 heterocycles. The Balaban J connectivity index is 1.75. The number of hydrogen-bond donors (Lipinski definition) is 0. The number of fused-ring (bicyclic) bond motifs is 1. The Morgan fingerprint density at radius 2 is 2.19 bits per heavy atom. The molecule has 2 aromatic carbocycles. The highest BCUT2D eigenvalue weighted by atomic mass is 35.5. The lowest BCUT2D eigenvalue weighted by atomic mass is 10.1. The molecule has 140 valence electrons. The summed E-state index contributed by atoms with van der Waals surface area (Å²) in [6, 6.07) is 13.3. The van der Waals surface area contributed by atoms with Gasteiger partial charge in [0.05, 0.1) is 33.5 Å². The Bertz CT molecular complexity index is 970. The molecular weight excluding hydrogens is 400 g/mol. The highest BCUT2D eigenvalue weighted by Gasteiger charge is 2.28. The molecule has 4 nitrogen and oxygen atoms in total. The third-order valence-corrected chi connectivity index (χ3v) is 6.72. The van der Waals surface area contributed by atoms with Crippen molar-refractivity contribution < 1.29 is 9.53 Å². The summed E-state index contributed by atoms with van der Waals surface area (Å²) in [6.07, 6.45) is 4.04. The maximum absolute atomic E-state index is 13.3. The Hall–Kier alpha value is -1.60. The van der Waals surface area contributed by atoms with Crippen LogP contribution < -0.4 is 4.90 Å². The maximum atomic E-state index is 13.3. The molecule has 1 amide bonds. The first-order valence-electron chi connectivity index (χ1n) is 8.79. The number of thioether (sulfide) groups is 1. The Morgan fingerprint density at radius 3 is 2.93 bits per heavy atom. The van der Waals surface area contributed by atoms with Crippen molar-refractivity contribution in [2.45, 2.75) is 23.8 Å². The predicted molar refractivity (Wildman–Crippen MR) is 114 cm³/mol. The number of carbonyl (C=O) groups is 1. The van der Waals surface area contributed by atoms with E-state index in [0.29, 0.717) is 22.3 Å². The van der Waals surface area contributed by atoms with E-state index in [2.05, 4.69) is 6.07 Å². The van der Waals surface area contributed by atoms with E-state index >= 15 is 0 Å². The number of thiazole rings is 1. The third kappa shape index (κ3) is 3.85. The number of rotatable bonds is 5. The minimum atomic E-state index is -0.138. The maximum Gasteiger partial charge on any atom is 0.261 e. The van der Waals surface area contributed by atoms with E-state index in [1.54, 1.807) is 28.8 Å². The number of anilines is 1. The van der Waals surface area contributed by atoms with Crippen molar-refractivity contribution in [3.05, 3.63) is 53.1 Å². The van der Waals surface area contributed by atoms with Gasteiger partial charge in [-0.1, -0.05) is 41.1 Å². The number of nitrogens with zero attached hydrogens (tertiary/aromatic N) is 2. The van der Waals surface area contributed by atoms with Crippen LogP contribution in [-0.4, -0.2) is 36.4 Å². The molecule has 0 aliphatic carbocycles. The van der Waals surface area contributed by atoms with Crippen LogP contribution in [0.2, 0.25) is 5.02 Å². The van der Waals surface area contributed by atoms with Crippen molar-refractivity contribution in [1.82, 2.24) is 4.98 Å². The summed E-state index contributed by atoms with van der Waals surface area (Å²) in [4.78, 5) is 21.0. The molecule has 1 atom stereocenters. The first-order valence-corrected chi connectivity index (χ1v) is 11.2. The fourth-order valence-corrected chi connectivity index (χ4v) is 5.06. The van der Waals surface area contributed by atoms with Gasteiger partial charge in [0.1, 0.15) is 0 Å². The lowest BCUT2D eigenvalue weighted by Crippen LogP contribution is -2.37. The molecule has 0 spiro atoms. The highest BCUT2D eigenvalue weighted by Crippen LogP contribution is 2.35. The zero-order chi connectivity index (χ0) is 18.8. The third-order valence-electron chi connectivity index (χ3n) is 4.58. The average molecular weight is 419 g/mol. The predicted octanol–water partition coefficient (Wildman–Crippen LogP) is 5.50. The second-order valence-corrected chi connectivity index (χ2v) is 8.60. The number of benzene rings is 2. The number of amides is 1. The van der Waals surface area contributed by atoms with E-state index < -0.39 is 0 Å². The van der Waals surface area contributed by atoms with E-state index in [4.69, 9.17) is 21.3 Å². The molecule has 0 bridgehead atoms. The van der Waals surface area contributed by atoms with E-state index in [1.807, 2.05) is 30.5 Å². The van der Waals surface area contributed by atoms with Crippen molar-refractivity contribution in [2.24, 2.45) is 0 Å². The summed E-state index contributed by atoms with van der Waals surface area (Å²) >= 11 is 9.48. The van der Waals surface area contributed by atoms with Crippen molar-refractivity contribution >= 4 is 56.0 Å². The lowest BCUT2D eigenvalue weighted by molar-refractivity contribution is 0.0917. The second kappa shape index (κ2) is 8.19. The number of hydrogen-bond acceptors (Lipinski definition) is 5. The molecule has 1 aromatic heterocycles. The van der Waals surface area contributed by atoms with Gasteiger partial charge in [-0.15, -0.1) is 11.8 Å². The van der Waals surface area contributed by atoms with E-state index in [1.165, 1.54) is 11.3 Å². The van der Waals surface area contributed by atoms with Crippen LogP contribution in [0, 0.1) is 0 Å². The van der Waals surface area contributed by atoms with Crippen molar-refractivity contribution in [2.75, 3.05) is 24.3 Å². The Labute approximate surface area is 171 Å². The van der Waals surface area contributed by atoms with Gasteiger partial charge in [-0.25, -0.2) is 4.98 Å². The minimum absolute atomic E-state index is 0.0310. The van der Waals surface area contributed by atoms with Gasteiger partial charge in [0.15, 0.2) is 5.13 Å². The first-order chi connectivity index (χ1) is 13.2. The molecule has 7 heteroatoms. The molecular formula is C20H19ClN2O2S2. The van der Waals surface area contributed by atoms with Gasteiger partial charge in [-0.2, -0.15) is 0 Å². The molecule has 3 aromatic rings. The molecule has 4 rings (SSSR count). The second-order valence-electron chi connectivity index (χ2n) is 6.33. The monoisotopic (exact) mass is 418 g/mol. The Morgan fingerprint density at radius 1 is 1.33 bits per heavy atom. The fourth-order valence-electron chi connectivity index (χ4n) is 3.21. The zero-order valence-electron chi connectivity index (χ0n) is 14.9. The zero-order valence-corrected chi connectivity index (χ0v) is 17.2. The molecule has 0 N–H and O–H groups in total. The van der Waals surface area contributed by atoms with Crippen LogP contribution in [-0.2, 0) is 4.74 Å². The highest BCUT2D eigenvalue weighted by molar-refractivity contribution is 7.98. The quantitative estimate of drug-likeness (QED) is 0.513. The van der Waals surface area contributed by atoms with Crippen molar-refractivity contribution in [3.63, 3.8) is 0 Å². The van der Waals surface area contributed by atoms with Gasteiger partial charge in [0.25, 0.3) is 5.91 Å². The van der Waals surface area contributed by atoms with Crippen LogP contribution in [0.4, 0.5) is 5.13 Å². The molecule has 1 saturated heterocycles. The van der Waals surface area contributed by atoms with Gasteiger partial charge < -0.3 is 4.74 Å². The topological polar surface area (TPSA) is 42.4 Å². The van der Waals surface area contributed by atoms with Crippen LogP contribution in [0.3, 0.4) is 0 Å². The summed E-state index contributed by atoms with van der Waals surface area (Å²) in [7, 11) is 0. The largest absolute Gasteiger partial charge is 0.376 e. The number of halogens is 1. The summed E-state index contributed by atoms with van der Waals surface area (Å²) in [6.45, 7) is 1.23.